The van der Waals surface area contributed by atoms with Gasteiger partial charge in [0.05, 0.1) is 19.3 Å². The van der Waals surface area contributed by atoms with Crippen molar-refractivity contribution in [2.24, 2.45) is 0 Å². The van der Waals surface area contributed by atoms with Crippen molar-refractivity contribution in [2.75, 3.05) is 25.2 Å². The Hall–Kier alpha value is -0.0231. The Morgan fingerprint density at radius 2 is 2.00 bits per heavy atom. The summed E-state index contributed by atoms with van der Waals surface area (Å²) in [4.78, 5) is 0. The van der Waals surface area contributed by atoms with E-state index >= 15 is 0 Å². The van der Waals surface area contributed by atoms with Crippen molar-refractivity contribution in [3.63, 3.8) is 0 Å². The van der Waals surface area contributed by atoms with E-state index in [9.17, 15) is 0 Å². The molecule has 0 saturated heterocycles. The molecule has 0 spiro atoms. The van der Waals surface area contributed by atoms with Crippen molar-refractivity contribution in [1.29, 1.82) is 5.26 Å². The fourth-order valence-corrected chi connectivity index (χ4v) is 2.09. The molecule has 0 aromatic heterocycles. The van der Waals surface area contributed by atoms with Crippen molar-refractivity contribution >= 4 is 20.1 Å². The fourth-order valence-electron chi connectivity index (χ4n) is 0.948. The lowest BCUT2D eigenvalue weighted by Gasteiger charge is -2.17. The van der Waals surface area contributed by atoms with Crippen LogP contribution in [0, 0.1) is 11.3 Å². The van der Waals surface area contributed by atoms with E-state index in [0.717, 1.165) is 12.2 Å². The van der Waals surface area contributed by atoms with Crippen LogP contribution in [0.5, 0.6) is 0 Å². The van der Waals surface area contributed by atoms with Gasteiger partial charge in [-0.1, -0.05) is 0 Å². The average molecular weight is 247 g/mol. The van der Waals surface area contributed by atoms with Crippen molar-refractivity contribution in [2.45, 2.75) is 32.2 Å². The Kier molecular flexibility index (Phi) is 8.15. The second-order valence-corrected chi connectivity index (χ2v) is 9.73. The molecule has 0 amide bonds. The molecule has 0 aromatic carbocycles. The minimum absolute atomic E-state index is 0.275. The van der Waals surface area contributed by atoms with Crippen molar-refractivity contribution < 1.29 is 9.16 Å². The third-order valence-corrected chi connectivity index (χ3v) is 3.38. The molecule has 3 nitrogen and oxygen atoms in total. The molecular formula is C10H21NO2SSi. The number of hydrogen-bond acceptors (Lipinski definition) is 4. The van der Waals surface area contributed by atoms with Gasteiger partial charge in [0.15, 0.2) is 8.32 Å². The van der Waals surface area contributed by atoms with Crippen molar-refractivity contribution in [3.8, 4) is 6.07 Å². The second-order valence-electron chi connectivity index (χ2n) is 4.23. The predicted molar refractivity (Wildman–Crippen MR) is 67.7 cm³/mol. The standard InChI is InChI=1S/C10H21NO2SSi/c1-14-8-5-10(9-11)12-6-7-13-15(2,3)4/h10H,5-8H2,1-4H3. The summed E-state index contributed by atoms with van der Waals surface area (Å²) in [6.07, 6.45) is 2.55. The molecule has 0 saturated carbocycles. The van der Waals surface area contributed by atoms with E-state index < -0.39 is 8.32 Å². The highest BCUT2D eigenvalue weighted by Gasteiger charge is 2.14. The van der Waals surface area contributed by atoms with Gasteiger partial charge in [-0.15, -0.1) is 0 Å². The smallest absolute Gasteiger partial charge is 0.183 e. The Labute approximate surface area is 98.3 Å². The zero-order valence-electron chi connectivity index (χ0n) is 10.1. The molecule has 0 heterocycles. The monoisotopic (exact) mass is 247 g/mol. The first-order valence-electron chi connectivity index (χ1n) is 5.13. The normalized spacial score (nSPS) is 13.5. The SMILES string of the molecule is CSCCC(C#N)OCCO[Si](C)(C)C. The first-order valence-corrected chi connectivity index (χ1v) is 9.94. The number of hydrogen-bond donors (Lipinski definition) is 0. The maximum Gasteiger partial charge on any atom is 0.183 e. The molecule has 0 radical (unpaired) electrons. The molecule has 0 N–H and O–H groups in total. The van der Waals surface area contributed by atoms with Crippen LogP contribution in [0.4, 0.5) is 0 Å². The summed E-state index contributed by atoms with van der Waals surface area (Å²) in [7, 11) is -1.43. The van der Waals surface area contributed by atoms with Crippen molar-refractivity contribution in [3.05, 3.63) is 0 Å². The van der Waals surface area contributed by atoms with Gasteiger partial charge in [0.2, 0.25) is 0 Å². The first kappa shape index (κ1) is 15.0. The van der Waals surface area contributed by atoms with E-state index in [0.29, 0.717) is 13.2 Å². The summed E-state index contributed by atoms with van der Waals surface area (Å²) in [5, 5.41) is 8.80. The van der Waals surface area contributed by atoms with E-state index in [1.54, 1.807) is 11.8 Å². The number of rotatable bonds is 8. The Bertz CT molecular complexity index is 201. The van der Waals surface area contributed by atoms with E-state index in [-0.39, 0.29) is 6.10 Å². The number of nitrogens with zero attached hydrogens (tertiary/aromatic N) is 1. The van der Waals surface area contributed by atoms with Gasteiger partial charge in [-0.05, 0) is 38.1 Å². The van der Waals surface area contributed by atoms with Gasteiger partial charge in [0.25, 0.3) is 0 Å². The molecule has 1 unspecified atom stereocenters. The summed E-state index contributed by atoms with van der Waals surface area (Å²) in [6, 6.07) is 2.15. The highest BCUT2D eigenvalue weighted by atomic mass is 32.2. The second kappa shape index (κ2) is 8.17. The Morgan fingerprint density at radius 3 is 2.47 bits per heavy atom. The van der Waals surface area contributed by atoms with Crippen LogP contribution in [-0.2, 0) is 9.16 Å². The van der Waals surface area contributed by atoms with E-state index in [1.807, 2.05) is 6.26 Å². The quantitative estimate of drug-likeness (QED) is 0.488. The predicted octanol–water partition coefficient (Wildman–Crippen LogP) is 2.50. The summed E-state index contributed by atoms with van der Waals surface area (Å²) in [5.41, 5.74) is 0. The van der Waals surface area contributed by atoms with Gasteiger partial charge in [-0.25, -0.2) is 0 Å². The van der Waals surface area contributed by atoms with Gasteiger partial charge in [-0.2, -0.15) is 17.0 Å². The van der Waals surface area contributed by atoms with Crippen LogP contribution in [0.25, 0.3) is 0 Å². The maximum absolute atomic E-state index is 8.80. The van der Waals surface area contributed by atoms with Gasteiger partial charge in [0.1, 0.15) is 6.10 Å². The molecule has 0 aromatic rings. The Morgan fingerprint density at radius 1 is 1.33 bits per heavy atom. The van der Waals surface area contributed by atoms with Gasteiger partial charge >= 0.3 is 0 Å². The maximum atomic E-state index is 8.80. The van der Waals surface area contributed by atoms with E-state index in [2.05, 4.69) is 25.7 Å². The molecule has 0 bridgehead atoms. The van der Waals surface area contributed by atoms with Crippen LogP contribution >= 0.6 is 11.8 Å². The molecule has 0 aliphatic heterocycles. The fraction of sp³-hybridized carbons (Fsp3) is 0.900. The van der Waals surface area contributed by atoms with Crippen LogP contribution in [0.3, 0.4) is 0 Å². The lowest BCUT2D eigenvalue weighted by atomic mass is 10.3. The van der Waals surface area contributed by atoms with Crippen LogP contribution in [0.1, 0.15) is 6.42 Å². The molecule has 0 rings (SSSR count). The van der Waals surface area contributed by atoms with Crippen LogP contribution < -0.4 is 0 Å². The largest absolute Gasteiger partial charge is 0.415 e. The summed E-state index contributed by atoms with van der Waals surface area (Å²) >= 11 is 1.73. The first-order chi connectivity index (χ1) is 6.99. The van der Waals surface area contributed by atoms with Gasteiger partial charge in [-0.3, -0.25) is 0 Å². The zero-order valence-corrected chi connectivity index (χ0v) is 11.9. The minimum Gasteiger partial charge on any atom is -0.415 e. The van der Waals surface area contributed by atoms with E-state index in [1.165, 1.54) is 0 Å². The molecular weight excluding hydrogens is 226 g/mol. The summed E-state index contributed by atoms with van der Waals surface area (Å²) in [5.74, 6) is 0.965. The number of thioether (sulfide) groups is 1. The molecule has 1 atom stereocenters. The number of ether oxygens (including phenoxy) is 1. The molecule has 5 heteroatoms. The highest BCUT2D eigenvalue weighted by molar-refractivity contribution is 7.98. The van der Waals surface area contributed by atoms with Crippen molar-refractivity contribution in [1.82, 2.24) is 0 Å². The van der Waals surface area contributed by atoms with Crippen LogP contribution in [-0.4, -0.2) is 39.6 Å². The molecule has 0 aliphatic carbocycles. The molecule has 0 fully saturated rings. The summed E-state index contributed by atoms with van der Waals surface area (Å²) < 4.78 is 11.0. The van der Waals surface area contributed by atoms with Crippen LogP contribution in [0.2, 0.25) is 19.6 Å². The third-order valence-electron chi connectivity index (χ3n) is 1.67. The molecule has 88 valence electrons. The van der Waals surface area contributed by atoms with Gasteiger partial charge in [0, 0.05) is 0 Å². The third kappa shape index (κ3) is 10.3. The topological polar surface area (TPSA) is 42.2 Å². The number of nitriles is 1. The lowest BCUT2D eigenvalue weighted by molar-refractivity contribution is 0.0617. The molecule has 15 heavy (non-hydrogen) atoms. The lowest BCUT2D eigenvalue weighted by Crippen LogP contribution is -2.28. The van der Waals surface area contributed by atoms with Crippen LogP contribution in [0.15, 0.2) is 0 Å². The van der Waals surface area contributed by atoms with E-state index in [4.69, 9.17) is 14.4 Å². The van der Waals surface area contributed by atoms with Gasteiger partial charge < -0.3 is 9.16 Å². The molecule has 0 aliphatic rings. The summed E-state index contributed by atoms with van der Waals surface area (Å²) in [6.45, 7) is 7.55. The highest BCUT2D eigenvalue weighted by Crippen LogP contribution is 2.05. The minimum atomic E-state index is -1.43. The zero-order chi connectivity index (χ0) is 11.7. The Balaban J connectivity index is 3.52. The average Bonchev–Trinajstić information content (AvgIpc) is 2.15.